The van der Waals surface area contributed by atoms with Crippen LogP contribution in [0.1, 0.15) is 47.6 Å². The first-order valence-corrected chi connectivity index (χ1v) is 12.4. The Balaban J connectivity index is 0.000000137. The number of hydrogen-bond donors (Lipinski definition) is 0. The Kier molecular flexibility index (Phi) is 5.23. The molecule has 0 fully saturated rings. The van der Waals surface area contributed by atoms with Crippen LogP contribution in [0.2, 0.25) is 0 Å². The third-order valence-electron chi connectivity index (χ3n) is 7.53. The van der Waals surface area contributed by atoms with Gasteiger partial charge in [0.2, 0.25) is 0 Å². The second-order valence-electron chi connectivity index (χ2n) is 9.47. The van der Waals surface area contributed by atoms with Crippen molar-refractivity contribution in [2.45, 2.75) is 45.4 Å². The minimum Gasteiger partial charge on any atom is -0.0619 e. The van der Waals surface area contributed by atoms with Crippen LogP contribution in [-0.4, -0.2) is 0 Å². The fourth-order valence-electron chi connectivity index (χ4n) is 5.74. The third kappa shape index (κ3) is 3.64. The Bertz CT molecular complexity index is 1430. The molecule has 0 saturated heterocycles. The molecule has 0 aliphatic heterocycles. The molecule has 0 N–H and O–H groups in total. The minimum absolute atomic E-state index is 1.10. The lowest BCUT2D eigenvalue weighted by Crippen LogP contribution is -2.03. The highest BCUT2D eigenvalue weighted by atomic mass is 14.2. The van der Waals surface area contributed by atoms with Gasteiger partial charge in [-0.1, -0.05) is 97.9 Å². The largest absolute Gasteiger partial charge is 0.0619 e. The van der Waals surface area contributed by atoms with Gasteiger partial charge in [-0.05, 0) is 99.0 Å². The predicted octanol–water partition coefficient (Wildman–Crippen LogP) is 8.69. The van der Waals surface area contributed by atoms with E-state index in [1.165, 1.54) is 75.0 Å². The summed E-state index contributed by atoms with van der Waals surface area (Å²) in [5.41, 5.74) is 10.4. The Morgan fingerprint density at radius 1 is 0.576 bits per heavy atom. The van der Waals surface area contributed by atoms with Gasteiger partial charge < -0.3 is 0 Å². The number of fused-ring (bicyclic) bond motifs is 8. The van der Waals surface area contributed by atoms with Crippen LogP contribution in [0.5, 0.6) is 0 Å². The number of benzene rings is 5. The highest BCUT2D eigenvalue weighted by molar-refractivity contribution is 6.09. The molecular weight excluding hydrogens is 396 g/mol. The van der Waals surface area contributed by atoms with E-state index >= 15 is 0 Å². The molecule has 0 spiro atoms. The van der Waals surface area contributed by atoms with Crippen LogP contribution in [-0.2, 0) is 25.7 Å². The lowest BCUT2D eigenvalue weighted by molar-refractivity contribution is 0.690. The van der Waals surface area contributed by atoms with E-state index in [1.807, 2.05) is 0 Å². The summed E-state index contributed by atoms with van der Waals surface area (Å²) in [6.07, 6.45) is 7.43. The van der Waals surface area contributed by atoms with Crippen molar-refractivity contribution in [1.29, 1.82) is 0 Å². The first kappa shape index (κ1) is 20.2. The third-order valence-corrected chi connectivity index (χ3v) is 7.53. The Morgan fingerprint density at radius 3 is 2.00 bits per heavy atom. The van der Waals surface area contributed by atoms with Crippen molar-refractivity contribution in [2.24, 2.45) is 0 Å². The van der Waals surface area contributed by atoms with Gasteiger partial charge in [0.15, 0.2) is 0 Å². The molecule has 2 aliphatic carbocycles. The first-order valence-electron chi connectivity index (χ1n) is 12.4. The van der Waals surface area contributed by atoms with Crippen molar-refractivity contribution >= 4 is 21.5 Å². The molecule has 0 atom stereocenters. The highest BCUT2D eigenvalue weighted by Crippen LogP contribution is 2.36. The normalized spacial score (nSPS) is 13.7. The molecule has 7 rings (SSSR count). The predicted molar refractivity (Wildman–Crippen MR) is 142 cm³/mol. The molecular formula is C33H30. The summed E-state index contributed by atoms with van der Waals surface area (Å²) < 4.78 is 0. The van der Waals surface area contributed by atoms with Crippen molar-refractivity contribution < 1.29 is 0 Å². The Morgan fingerprint density at radius 2 is 1.24 bits per heavy atom. The lowest BCUT2D eigenvalue weighted by atomic mass is 9.86. The summed E-state index contributed by atoms with van der Waals surface area (Å²) in [6, 6.07) is 33.6. The van der Waals surface area contributed by atoms with Crippen LogP contribution < -0.4 is 0 Å². The van der Waals surface area contributed by atoms with E-state index in [-0.39, 0.29) is 0 Å². The lowest BCUT2D eigenvalue weighted by Gasteiger charge is -2.19. The second-order valence-corrected chi connectivity index (χ2v) is 9.47. The molecule has 0 amide bonds. The van der Waals surface area contributed by atoms with E-state index in [0.717, 1.165) is 12.8 Å². The Hall–Kier alpha value is -3.38. The van der Waals surface area contributed by atoms with Crippen molar-refractivity contribution in [1.82, 2.24) is 0 Å². The quantitative estimate of drug-likeness (QED) is 0.231. The maximum atomic E-state index is 2.38. The van der Waals surface area contributed by atoms with Crippen LogP contribution in [0, 0.1) is 0 Å². The first-order chi connectivity index (χ1) is 16.3. The monoisotopic (exact) mass is 426 g/mol. The van der Waals surface area contributed by atoms with Crippen LogP contribution in [0.25, 0.3) is 32.7 Å². The van der Waals surface area contributed by atoms with Gasteiger partial charge in [0.1, 0.15) is 0 Å². The van der Waals surface area contributed by atoms with E-state index in [1.54, 1.807) is 11.1 Å². The summed E-state index contributed by atoms with van der Waals surface area (Å²) in [5.74, 6) is 0. The van der Waals surface area contributed by atoms with E-state index in [0.29, 0.717) is 0 Å². The molecule has 0 radical (unpaired) electrons. The van der Waals surface area contributed by atoms with Gasteiger partial charge in [0, 0.05) is 0 Å². The van der Waals surface area contributed by atoms with Crippen molar-refractivity contribution in [3.8, 4) is 11.1 Å². The average molecular weight is 427 g/mol. The van der Waals surface area contributed by atoms with Crippen LogP contribution >= 0.6 is 0 Å². The van der Waals surface area contributed by atoms with Gasteiger partial charge in [-0.3, -0.25) is 0 Å². The summed E-state index contributed by atoms with van der Waals surface area (Å²) >= 11 is 0. The zero-order valence-corrected chi connectivity index (χ0v) is 19.4. The zero-order valence-electron chi connectivity index (χ0n) is 19.4. The smallest absolute Gasteiger partial charge is 0.00135 e. The minimum atomic E-state index is 1.10. The van der Waals surface area contributed by atoms with Gasteiger partial charge in [-0.15, -0.1) is 0 Å². The fourth-order valence-corrected chi connectivity index (χ4v) is 5.74. The summed E-state index contributed by atoms with van der Waals surface area (Å²) in [6.45, 7) is 2.23. The summed E-state index contributed by atoms with van der Waals surface area (Å²) in [5, 5.41) is 5.72. The van der Waals surface area contributed by atoms with Crippen molar-refractivity contribution in [3.63, 3.8) is 0 Å². The molecule has 162 valence electrons. The van der Waals surface area contributed by atoms with Crippen molar-refractivity contribution in [2.75, 3.05) is 0 Å². The molecule has 0 heterocycles. The molecule has 2 aliphatic rings. The van der Waals surface area contributed by atoms with E-state index in [4.69, 9.17) is 0 Å². The van der Waals surface area contributed by atoms with Crippen LogP contribution in [0.3, 0.4) is 0 Å². The molecule has 0 nitrogen and oxygen atoms in total. The second kappa shape index (κ2) is 8.52. The molecule has 0 bridgehead atoms. The van der Waals surface area contributed by atoms with E-state index in [2.05, 4.69) is 97.9 Å². The number of hydrogen-bond acceptors (Lipinski definition) is 0. The SMILES string of the molecule is CCc1ccc2ccc3c4c(ccc3c2c1)CCCC4.c1ccc2c(c1)Cc1ccccc1-2. The van der Waals surface area contributed by atoms with Crippen LogP contribution in [0.15, 0.2) is 91.0 Å². The maximum absolute atomic E-state index is 2.38. The maximum Gasteiger partial charge on any atom is -0.00135 e. The molecule has 33 heavy (non-hydrogen) atoms. The molecule has 0 unspecified atom stereocenters. The summed E-state index contributed by atoms with van der Waals surface area (Å²) in [4.78, 5) is 0. The molecule has 5 aromatic carbocycles. The molecule has 0 aromatic heterocycles. The van der Waals surface area contributed by atoms with Crippen molar-refractivity contribution in [3.05, 3.63) is 119 Å². The average Bonchev–Trinajstić information content (AvgIpc) is 3.27. The van der Waals surface area contributed by atoms with E-state index in [9.17, 15) is 0 Å². The zero-order chi connectivity index (χ0) is 22.2. The highest BCUT2D eigenvalue weighted by Gasteiger charge is 2.16. The standard InChI is InChI=1S/C20H20.C13H10/c1-2-14-7-8-16-10-11-18-17-6-4-3-5-15(17)9-12-19(18)20(16)13-14;1-3-7-12-10(5-1)9-11-6-2-4-8-13(11)12/h7-13H,2-6H2,1H3;1-8H,9H2. The van der Waals surface area contributed by atoms with Crippen LogP contribution in [0.4, 0.5) is 0 Å². The molecule has 0 heteroatoms. The topological polar surface area (TPSA) is 0 Å². The van der Waals surface area contributed by atoms with Gasteiger partial charge in [0.05, 0.1) is 0 Å². The van der Waals surface area contributed by atoms with Gasteiger partial charge in [0.25, 0.3) is 0 Å². The number of rotatable bonds is 1. The Labute approximate surface area is 196 Å². The number of aryl methyl sites for hydroxylation is 3. The van der Waals surface area contributed by atoms with E-state index < -0.39 is 0 Å². The van der Waals surface area contributed by atoms with Gasteiger partial charge in [-0.2, -0.15) is 0 Å². The van der Waals surface area contributed by atoms with Gasteiger partial charge >= 0.3 is 0 Å². The fraction of sp³-hybridized carbons (Fsp3) is 0.212. The van der Waals surface area contributed by atoms with Gasteiger partial charge in [-0.25, -0.2) is 0 Å². The molecule has 0 saturated carbocycles. The summed E-state index contributed by atoms with van der Waals surface area (Å²) in [7, 11) is 0. The molecule has 5 aromatic rings.